The number of benzene rings is 2. The van der Waals surface area contributed by atoms with E-state index in [0.29, 0.717) is 0 Å². The maximum atomic E-state index is 5.24. The molecule has 0 amide bonds. The Morgan fingerprint density at radius 1 is 0.462 bits per heavy atom. The molecule has 0 saturated heterocycles. The van der Waals surface area contributed by atoms with Crippen molar-refractivity contribution < 1.29 is 0 Å². The molecule has 2 aromatic carbocycles. The van der Waals surface area contributed by atoms with E-state index in [1.54, 1.807) is 0 Å². The van der Waals surface area contributed by atoms with E-state index in [4.69, 9.17) is 4.99 Å². The highest BCUT2D eigenvalue weighted by Crippen LogP contribution is 2.18. The second-order valence-corrected chi connectivity index (χ2v) is 15.9. The molecule has 4 nitrogen and oxygen atoms in total. The maximum Gasteiger partial charge on any atom is 0.134 e. The molecule has 0 aliphatic carbocycles. The van der Waals surface area contributed by atoms with E-state index in [1.165, 1.54) is 185 Å². The fourth-order valence-electron chi connectivity index (χ4n) is 7.26. The first-order valence-corrected chi connectivity index (χ1v) is 22.5. The molecular weight excluding hydrogens is 633 g/mol. The summed E-state index contributed by atoms with van der Waals surface area (Å²) < 4.78 is 0. The zero-order valence-corrected chi connectivity index (χ0v) is 35.0. The summed E-state index contributed by atoms with van der Waals surface area (Å²) in [7, 11) is 4.17. The Hall–Kier alpha value is -2.33. The topological polar surface area (TPSA) is 30.9 Å². The van der Waals surface area contributed by atoms with E-state index in [2.05, 4.69) is 97.7 Å². The standard InChI is InChI=1S/C48H84N4/c1-5-7-9-11-13-15-17-19-21-23-25-27-29-34-42-52(43-35-30-28-26-24-22-20-18-16-14-12-10-8-6-2)44-49-48(45-36-32-31-33-37-45)50-46-38-40-47(41-39-46)51(3)4/h31-33,36-41H,5-30,34-35,42-44H2,1-4H3,(H,49,50). The molecule has 52 heavy (non-hydrogen) atoms. The fourth-order valence-corrected chi connectivity index (χ4v) is 7.26. The van der Waals surface area contributed by atoms with Crippen molar-refractivity contribution in [3.8, 4) is 0 Å². The second-order valence-electron chi connectivity index (χ2n) is 15.9. The van der Waals surface area contributed by atoms with Crippen LogP contribution in [0.5, 0.6) is 0 Å². The van der Waals surface area contributed by atoms with Crippen molar-refractivity contribution in [2.75, 3.05) is 44.1 Å². The molecule has 1 N–H and O–H groups in total. The van der Waals surface area contributed by atoms with Gasteiger partial charge in [0.1, 0.15) is 5.84 Å². The third-order valence-corrected chi connectivity index (χ3v) is 10.8. The Balaban J connectivity index is 1.78. The molecule has 0 bridgehead atoms. The summed E-state index contributed by atoms with van der Waals surface area (Å²) in [4.78, 5) is 10.0. The molecule has 2 rings (SSSR count). The lowest BCUT2D eigenvalue weighted by Gasteiger charge is -2.21. The predicted octanol–water partition coefficient (Wildman–Crippen LogP) is 14.8. The maximum absolute atomic E-state index is 5.24. The molecule has 0 heterocycles. The molecule has 0 spiro atoms. The summed E-state index contributed by atoms with van der Waals surface area (Å²) >= 11 is 0. The minimum absolute atomic E-state index is 0.754. The van der Waals surface area contributed by atoms with Gasteiger partial charge >= 0.3 is 0 Å². The van der Waals surface area contributed by atoms with Gasteiger partial charge in [0.2, 0.25) is 0 Å². The molecule has 0 aliphatic rings. The Morgan fingerprint density at radius 2 is 0.827 bits per heavy atom. The average Bonchev–Trinajstić information content (AvgIpc) is 3.16. The van der Waals surface area contributed by atoms with Crippen molar-refractivity contribution in [1.29, 1.82) is 0 Å². The van der Waals surface area contributed by atoms with Crippen molar-refractivity contribution in [2.45, 2.75) is 194 Å². The summed E-state index contributed by atoms with van der Waals surface area (Å²) in [5.74, 6) is 0.963. The van der Waals surface area contributed by atoms with Gasteiger partial charge in [-0.25, -0.2) is 0 Å². The van der Waals surface area contributed by atoms with Crippen LogP contribution in [0.1, 0.15) is 199 Å². The Kier molecular flexibility index (Phi) is 29.3. The predicted molar refractivity (Wildman–Crippen MR) is 234 cm³/mol. The highest BCUT2D eigenvalue weighted by Gasteiger charge is 2.09. The van der Waals surface area contributed by atoms with E-state index in [1.807, 2.05) is 0 Å². The van der Waals surface area contributed by atoms with Crippen LogP contribution in [-0.4, -0.2) is 44.6 Å². The van der Waals surface area contributed by atoms with Crippen LogP contribution < -0.4 is 10.2 Å². The lowest BCUT2D eigenvalue weighted by molar-refractivity contribution is 0.268. The number of nitrogens with one attached hydrogen (secondary N) is 1. The average molecular weight is 717 g/mol. The van der Waals surface area contributed by atoms with Crippen LogP contribution in [0.25, 0.3) is 0 Å². The highest BCUT2D eigenvalue weighted by atomic mass is 15.2. The van der Waals surface area contributed by atoms with Crippen LogP contribution in [0.15, 0.2) is 59.6 Å². The van der Waals surface area contributed by atoms with E-state index in [-0.39, 0.29) is 0 Å². The van der Waals surface area contributed by atoms with Crippen LogP contribution in [0.3, 0.4) is 0 Å². The largest absolute Gasteiger partial charge is 0.378 e. The number of anilines is 2. The smallest absolute Gasteiger partial charge is 0.134 e. The number of hydrogen-bond donors (Lipinski definition) is 1. The van der Waals surface area contributed by atoms with Gasteiger partial charge in [0.25, 0.3) is 0 Å². The first-order valence-electron chi connectivity index (χ1n) is 22.5. The molecule has 0 atom stereocenters. The summed E-state index contributed by atoms with van der Waals surface area (Å²) in [6.45, 7) is 7.67. The third-order valence-electron chi connectivity index (χ3n) is 10.8. The lowest BCUT2D eigenvalue weighted by atomic mass is 10.0. The molecule has 0 radical (unpaired) electrons. The van der Waals surface area contributed by atoms with Gasteiger partial charge in [0, 0.05) is 31.0 Å². The van der Waals surface area contributed by atoms with Crippen molar-refractivity contribution >= 4 is 17.2 Å². The molecule has 2 aromatic rings. The molecular formula is C48H84N4. The minimum Gasteiger partial charge on any atom is -0.378 e. The molecule has 0 unspecified atom stereocenters. The van der Waals surface area contributed by atoms with Gasteiger partial charge < -0.3 is 10.2 Å². The first-order chi connectivity index (χ1) is 25.6. The van der Waals surface area contributed by atoms with E-state index >= 15 is 0 Å². The summed E-state index contributed by atoms with van der Waals surface area (Å²) in [6, 6.07) is 19.3. The Bertz CT molecular complexity index is 1030. The van der Waals surface area contributed by atoms with Crippen LogP contribution >= 0.6 is 0 Å². The van der Waals surface area contributed by atoms with Crippen LogP contribution in [-0.2, 0) is 0 Å². The Morgan fingerprint density at radius 3 is 1.19 bits per heavy atom. The zero-order valence-electron chi connectivity index (χ0n) is 35.0. The SMILES string of the molecule is CCCCCCCCCCCCCCCCN(CCCCCCCCCCCCCCCC)CN=C(Nc1ccc(N(C)C)cc1)c1ccccc1. The van der Waals surface area contributed by atoms with E-state index in [9.17, 15) is 0 Å². The number of unbranched alkanes of at least 4 members (excludes halogenated alkanes) is 26. The molecule has 0 aromatic heterocycles. The van der Waals surface area contributed by atoms with Gasteiger partial charge in [-0.15, -0.1) is 0 Å². The monoisotopic (exact) mass is 717 g/mol. The van der Waals surface area contributed by atoms with Crippen LogP contribution in [0.4, 0.5) is 11.4 Å². The number of amidine groups is 1. The number of hydrogen-bond acceptors (Lipinski definition) is 3. The van der Waals surface area contributed by atoms with Crippen LogP contribution in [0.2, 0.25) is 0 Å². The fraction of sp³-hybridized carbons (Fsp3) is 0.729. The molecule has 4 heteroatoms. The molecule has 0 fully saturated rings. The second kappa shape index (κ2) is 33.3. The quantitative estimate of drug-likeness (QED) is 0.0438. The van der Waals surface area contributed by atoms with Gasteiger partial charge in [-0.2, -0.15) is 0 Å². The van der Waals surface area contributed by atoms with Gasteiger partial charge in [-0.3, -0.25) is 9.89 Å². The Labute approximate surface area is 324 Å². The zero-order chi connectivity index (χ0) is 37.2. The summed E-state index contributed by atoms with van der Waals surface area (Å²) in [5.41, 5.74) is 3.43. The van der Waals surface area contributed by atoms with E-state index in [0.717, 1.165) is 36.8 Å². The number of nitrogens with zero attached hydrogens (tertiary/aromatic N) is 3. The molecule has 0 aliphatic heterocycles. The summed E-state index contributed by atoms with van der Waals surface area (Å²) in [6.07, 6.45) is 39.4. The third kappa shape index (κ3) is 24.8. The highest BCUT2D eigenvalue weighted by molar-refractivity contribution is 6.08. The first kappa shape index (κ1) is 45.8. The van der Waals surface area contributed by atoms with Crippen LogP contribution in [0, 0.1) is 0 Å². The van der Waals surface area contributed by atoms with Gasteiger partial charge in [-0.05, 0) is 50.2 Å². The van der Waals surface area contributed by atoms with Gasteiger partial charge in [0.05, 0.1) is 6.67 Å². The minimum atomic E-state index is 0.754. The number of aliphatic imine (C=N–C) groups is 1. The lowest BCUT2D eigenvalue weighted by Crippen LogP contribution is -2.28. The summed E-state index contributed by atoms with van der Waals surface area (Å²) in [5, 5.41) is 3.66. The number of rotatable bonds is 35. The van der Waals surface area contributed by atoms with Crippen molar-refractivity contribution in [2.24, 2.45) is 4.99 Å². The molecule has 0 saturated carbocycles. The van der Waals surface area contributed by atoms with E-state index < -0.39 is 0 Å². The molecule has 296 valence electrons. The van der Waals surface area contributed by atoms with Gasteiger partial charge in [0.15, 0.2) is 0 Å². The van der Waals surface area contributed by atoms with Crippen molar-refractivity contribution in [1.82, 2.24) is 4.90 Å². The van der Waals surface area contributed by atoms with Gasteiger partial charge in [-0.1, -0.05) is 211 Å². The van der Waals surface area contributed by atoms with Crippen molar-refractivity contribution in [3.63, 3.8) is 0 Å². The normalized spacial score (nSPS) is 11.8. The van der Waals surface area contributed by atoms with Crippen molar-refractivity contribution in [3.05, 3.63) is 60.2 Å².